The van der Waals surface area contributed by atoms with Gasteiger partial charge in [-0.25, -0.2) is 0 Å². The molecule has 0 amide bonds. The van der Waals surface area contributed by atoms with Gasteiger partial charge < -0.3 is 10.4 Å². The van der Waals surface area contributed by atoms with Crippen molar-refractivity contribution in [3.8, 4) is 0 Å². The lowest BCUT2D eigenvalue weighted by Gasteiger charge is -2.21. The summed E-state index contributed by atoms with van der Waals surface area (Å²) in [5, 5.41) is 12.9. The maximum absolute atomic E-state index is 9.65. The van der Waals surface area contributed by atoms with Crippen LogP contribution in [0, 0.1) is 5.92 Å². The molecule has 0 aromatic carbocycles. The van der Waals surface area contributed by atoms with Crippen LogP contribution in [-0.2, 0) is 0 Å². The number of aliphatic hydroxyl groups is 1. The highest BCUT2D eigenvalue weighted by molar-refractivity contribution is 4.70. The van der Waals surface area contributed by atoms with E-state index < -0.39 is 5.60 Å². The molecule has 2 atom stereocenters. The second-order valence-corrected chi connectivity index (χ2v) is 5.45. The van der Waals surface area contributed by atoms with E-state index in [1.807, 2.05) is 6.92 Å². The molecule has 1 heterocycles. The van der Waals surface area contributed by atoms with Gasteiger partial charge in [-0.05, 0) is 45.2 Å². The molecule has 0 radical (unpaired) electrons. The number of nitrogens with one attached hydrogen (secondary N) is 1. The smallest absolute Gasteiger partial charge is 0.0619 e. The summed E-state index contributed by atoms with van der Waals surface area (Å²) in [5.41, 5.74) is -0.398. The first-order valence-electron chi connectivity index (χ1n) is 6.95. The zero-order valence-corrected chi connectivity index (χ0v) is 11.7. The van der Waals surface area contributed by atoms with Crippen molar-refractivity contribution in [2.45, 2.75) is 71.8 Å². The van der Waals surface area contributed by atoms with Crippen LogP contribution in [0.3, 0.4) is 0 Å². The third-order valence-electron chi connectivity index (χ3n) is 3.16. The number of hydrogen-bond acceptors (Lipinski definition) is 2. The van der Waals surface area contributed by atoms with E-state index in [-0.39, 0.29) is 0 Å². The molecule has 0 bridgehead atoms. The number of unbranched alkanes of at least 4 members (excludes halogenated alkanes) is 1. The molecular weight excluding hydrogens is 198 g/mol. The zero-order valence-electron chi connectivity index (χ0n) is 11.7. The van der Waals surface area contributed by atoms with E-state index in [9.17, 15) is 5.11 Å². The minimum Gasteiger partial charge on any atom is -0.390 e. The molecule has 0 spiro atoms. The summed E-state index contributed by atoms with van der Waals surface area (Å²) >= 11 is 0. The highest BCUT2D eigenvalue weighted by atomic mass is 16.3. The summed E-state index contributed by atoms with van der Waals surface area (Å²) in [5.74, 6) is 0.935. The molecule has 0 saturated carbocycles. The van der Waals surface area contributed by atoms with E-state index >= 15 is 0 Å². The summed E-state index contributed by atoms with van der Waals surface area (Å²) in [4.78, 5) is 0. The first-order valence-corrected chi connectivity index (χ1v) is 6.95. The van der Waals surface area contributed by atoms with Crippen molar-refractivity contribution >= 4 is 0 Å². The lowest BCUT2D eigenvalue weighted by molar-refractivity contribution is 0.0391. The van der Waals surface area contributed by atoms with Crippen molar-refractivity contribution in [3.63, 3.8) is 0 Å². The largest absolute Gasteiger partial charge is 0.390 e. The lowest BCUT2D eigenvalue weighted by atomic mass is 9.94. The Morgan fingerprint density at radius 1 is 1.25 bits per heavy atom. The van der Waals surface area contributed by atoms with E-state index in [0.29, 0.717) is 0 Å². The van der Waals surface area contributed by atoms with Gasteiger partial charge >= 0.3 is 0 Å². The van der Waals surface area contributed by atoms with Gasteiger partial charge in [-0.1, -0.05) is 40.0 Å². The summed E-state index contributed by atoms with van der Waals surface area (Å²) in [6.07, 6.45) is 6.67. The van der Waals surface area contributed by atoms with Crippen molar-refractivity contribution in [1.29, 1.82) is 0 Å². The van der Waals surface area contributed by atoms with Gasteiger partial charge in [0.25, 0.3) is 0 Å². The maximum Gasteiger partial charge on any atom is 0.0619 e. The van der Waals surface area contributed by atoms with Crippen molar-refractivity contribution in [3.05, 3.63) is 0 Å². The molecule has 1 aliphatic heterocycles. The van der Waals surface area contributed by atoms with Crippen molar-refractivity contribution in [2.75, 3.05) is 13.1 Å². The average molecular weight is 229 g/mol. The predicted octanol–water partition coefficient (Wildman–Crippen LogP) is 3.34. The van der Waals surface area contributed by atoms with Crippen LogP contribution in [0.2, 0.25) is 0 Å². The molecule has 1 aliphatic rings. The van der Waals surface area contributed by atoms with Crippen LogP contribution in [0.25, 0.3) is 0 Å². The fourth-order valence-electron chi connectivity index (χ4n) is 2.02. The van der Waals surface area contributed by atoms with Crippen LogP contribution in [0.1, 0.15) is 66.2 Å². The highest BCUT2D eigenvalue weighted by Gasteiger charge is 2.17. The Kier molecular flexibility index (Phi) is 8.96. The van der Waals surface area contributed by atoms with Gasteiger partial charge in [-0.2, -0.15) is 0 Å². The van der Waals surface area contributed by atoms with Gasteiger partial charge in [0.2, 0.25) is 0 Å². The van der Waals surface area contributed by atoms with E-state index in [2.05, 4.69) is 26.1 Å². The number of hydrogen-bond donors (Lipinski definition) is 2. The van der Waals surface area contributed by atoms with Gasteiger partial charge in [0.1, 0.15) is 0 Å². The second kappa shape index (κ2) is 9.00. The summed E-state index contributed by atoms with van der Waals surface area (Å²) < 4.78 is 0. The molecule has 1 rings (SSSR count). The molecule has 1 fully saturated rings. The van der Waals surface area contributed by atoms with Crippen LogP contribution >= 0.6 is 0 Å². The van der Waals surface area contributed by atoms with Crippen LogP contribution in [0.4, 0.5) is 0 Å². The van der Waals surface area contributed by atoms with Gasteiger partial charge in [0.15, 0.2) is 0 Å². The summed E-state index contributed by atoms with van der Waals surface area (Å²) in [7, 11) is 0. The fraction of sp³-hybridized carbons (Fsp3) is 1.00. The first kappa shape index (κ1) is 15.9. The first-order chi connectivity index (χ1) is 7.52. The van der Waals surface area contributed by atoms with E-state index in [1.54, 1.807) is 0 Å². The molecule has 1 saturated heterocycles. The summed E-state index contributed by atoms with van der Waals surface area (Å²) in [6, 6.07) is 0. The average Bonchev–Trinajstić information content (AvgIpc) is 2.67. The summed E-state index contributed by atoms with van der Waals surface area (Å²) in [6.45, 7) is 11.0. The van der Waals surface area contributed by atoms with Gasteiger partial charge in [0.05, 0.1) is 5.60 Å². The predicted molar refractivity (Wildman–Crippen MR) is 71.7 cm³/mol. The topological polar surface area (TPSA) is 32.3 Å². The number of rotatable bonds is 5. The highest BCUT2D eigenvalue weighted by Crippen LogP contribution is 2.18. The standard InChI is InChI=1S/C9H20O.C5H11N/c1-4-6-8-9(3,10)7-5-2;1-5-2-3-6-4-5/h10H,4-8H2,1-3H3;5-6H,2-4H2,1H3. The maximum atomic E-state index is 9.65. The molecule has 2 N–H and O–H groups in total. The molecule has 0 aromatic heterocycles. The Labute approximate surface area is 102 Å². The van der Waals surface area contributed by atoms with Crippen molar-refractivity contribution in [2.24, 2.45) is 5.92 Å². The minimum absolute atomic E-state index is 0.398. The molecule has 0 aromatic rings. The zero-order chi connectivity index (χ0) is 12.4. The Hall–Kier alpha value is -0.0800. The quantitative estimate of drug-likeness (QED) is 0.758. The Morgan fingerprint density at radius 2 is 1.94 bits per heavy atom. The molecular formula is C14H31NO. The SMILES string of the molecule is CC1CCNC1.CCCCC(C)(O)CCC. The molecule has 98 valence electrons. The van der Waals surface area contributed by atoms with Crippen LogP contribution in [0.5, 0.6) is 0 Å². The van der Waals surface area contributed by atoms with E-state index in [1.165, 1.54) is 25.9 Å². The third-order valence-corrected chi connectivity index (χ3v) is 3.16. The Bertz CT molecular complexity index is 151. The van der Waals surface area contributed by atoms with Crippen LogP contribution in [0.15, 0.2) is 0 Å². The third kappa shape index (κ3) is 9.17. The Morgan fingerprint density at radius 3 is 2.25 bits per heavy atom. The molecule has 2 heteroatoms. The van der Waals surface area contributed by atoms with Crippen LogP contribution in [-0.4, -0.2) is 23.8 Å². The molecule has 2 unspecified atom stereocenters. The molecule has 2 nitrogen and oxygen atoms in total. The minimum atomic E-state index is -0.398. The van der Waals surface area contributed by atoms with Gasteiger partial charge in [-0.3, -0.25) is 0 Å². The Balaban J connectivity index is 0.000000315. The van der Waals surface area contributed by atoms with Gasteiger partial charge in [0, 0.05) is 0 Å². The molecule has 16 heavy (non-hydrogen) atoms. The normalized spacial score (nSPS) is 23.4. The van der Waals surface area contributed by atoms with E-state index in [4.69, 9.17) is 0 Å². The molecule has 0 aliphatic carbocycles. The fourth-order valence-corrected chi connectivity index (χ4v) is 2.02. The van der Waals surface area contributed by atoms with E-state index in [0.717, 1.165) is 31.6 Å². The lowest BCUT2D eigenvalue weighted by Crippen LogP contribution is -2.23. The van der Waals surface area contributed by atoms with Gasteiger partial charge in [-0.15, -0.1) is 0 Å². The second-order valence-electron chi connectivity index (χ2n) is 5.45. The van der Waals surface area contributed by atoms with Crippen molar-refractivity contribution < 1.29 is 5.11 Å². The monoisotopic (exact) mass is 229 g/mol. The van der Waals surface area contributed by atoms with Crippen molar-refractivity contribution in [1.82, 2.24) is 5.32 Å². The van der Waals surface area contributed by atoms with Crippen LogP contribution < -0.4 is 5.32 Å².